The number of rotatable bonds is 6. The fraction of sp³-hybridized carbons (Fsp3) is 0.400. The first-order chi connectivity index (χ1) is 10.8. The van der Waals surface area contributed by atoms with E-state index in [0.29, 0.717) is 0 Å². The Balaban J connectivity index is 1.59. The monoisotopic (exact) mass is 295 g/mol. The summed E-state index contributed by atoms with van der Waals surface area (Å²) in [6.07, 6.45) is 4.82. The van der Waals surface area contributed by atoms with Crippen LogP contribution in [0.1, 0.15) is 37.3 Å². The molecule has 0 radical (unpaired) electrons. The van der Waals surface area contributed by atoms with Crippen LogP contribution in [-0.2, 0) is 6.42 Å². The maximum atomic E-state index is 6.17. The molecule has 0 bridgehead atoms. The molecule has 0 aliphatic carbocycles. The smallest absolute Gasteiger partial charge is 0.152 e. The zero-order chi connectivity index (χ0) is 15.2. The standard InChI is InChI=1S/C20H25NO/c1-2-14-21-15-6-9-20(21)22-19-12-10-18(11-13-19)16-17-7-4-3-5-8-17/h3-5,7-8,10-13,20H,2,6,9,14-16H2,1H3. The second-order valence-corrected chi connectivity index (χ2v) is 6.06. The summed E-state index contributed by atoms with van der Waals surface area (Å²) in [7, 11) is 0. The maximum absolute atomic E-state index is 6.17. The number of hydrogen-bond acceptors (Lipinski definition) is 2. The third kappa shape index (κ3) is 3.89. The summed E-state index contributed by atoms with van der Waals surface area (Å²) in [6, 6.07) is 19.2. The van der Waals surface area contributed by atoms with E-state index in [4.69, 9.17) is 4.74 Å². The highest BCUT2D eigenvalue weighted by Gasteiger charge is 2.24. The first kappa shape index (κ1) is 15.1. The molecular weight excluding hydrogens is 270 g/mol. The van der Waals surface area contributed by atoms with Crippen LogP contribution in [0.3, 0.4) is 0 Å². The van der Waals surface area contributed by atoms with Crippen LogP contribution < -0.4 is 4.74 Å². The molecule has 1 atom stereocenters. The maximum Gasteiger partial charge on any atom is 0.152 e. The summed E-state index contributed by atoms with van der Waals surface area (Å²) >= 11 is 0. The lowest BCUT2D eigenvalue weighted by Gasteiger charge is -2.24. The van der Waals surface area contributed by atoms with Gasteiger partial charge in [-0.15, -0.1) is 0 Å². The average molecular weight is 295 g/mol. The number of nitrogens with zero attached hydrogens (tertiary/aromatic N) is 1. The Morgan fingerprint density at radius 2 is 1.73 bits per heavy atom. The van der Waals surface area contributed by atoms with Gasteiger partial charge in [0.05, 0.1) is 0 Å². The summed E-state index contributed by atoms with van der Waals surface area (Å²) in [5, 5.41) is 0. The molecule has 1 fully saturated rings. The zero-order valence-electron chi connectivity index (χ0n) is 13.4. The van der Waals surface area contributed by atoms with Gasteiger partial charge in [0.1, 0.15) is 5.75 Å². The van der Waals surface area contributed by atoms with Gasteiger partial charge in [-0.1, -0.05) is 49.4 Å². The van der Waals surface area contributed by atoms with Gasteiger partial charge in [-0.05, 0) is 48.9 Å². The van der Waals surface area contributed by atoms with Gasteiger partial charge in [-0.2, -0.15) is 0 Å². The minimum atomic E-state index is 0.264. The summed E-state index contributed by atoms with van der Waals surface area (Å²) < 4.78 is 6.17. The zero-order valence-corrected chi connectivity index (χ0v) is 13.4. The van der Waals surface area contributed by atoms with Crippen LogP contribution >= 0.6 is 0 Å². The third-order valence-corrected chi connectivity index (χ3v) is 4.26. The molecule has 1 aliphatic heterocycles. The van der Waals surface area contributed by atoms with Crippen molar-refractivity contribution < 1.29 is 4.74 Å². The van der Waals surface area contributed by atoms with Gasteiger partial charge in [-0.3, -0.25) is 4.90 Å². The summed E-state index contributed by atoms with van der Waals surface area (Å²) in [5.74, 6) is 0.991. The van der Waals surface area contributed by atoms with Crippen LogP contribution in [0.25, 0.3) is 0 Å². The molecule has 1 aliphatic rings. The molecule has 1 heterocycles. The van der Waals surface area contributed by atoms with Crippen LogP contribution in [0.2, 0.25) is 0 Å². The van der Waals surface area contributed by atoms with E-state index >= 15 is 0 Å². The fourth-order valence-corrected chi connectivity index (χ4v) is 3.15. The topological polar surface area (TPSA) is 12.5 Å². The second kappa shape index (κ2) is 7.46. The first-order valence-corrected chi connectivity index (χ1v) is 8.38. The largest absolute Gasteiger partial charge is 0.475 e. The van der Waals surface area contributed by atoms with E-state index in [1.165, 1.54) is 30.5 Å². The normalized spacial score (nSPS) is 18.5. The lowest BCUT2D eigenvalue weighted by molar-refractivity contribution is 0.0608. The van der Waals surface area contributed by atoms with E-state index in [1.54, 1.807) is 0 Å². The van der Waals surface area contributed by atoms with Gasteiger partial charge >= 0.3 is 0 Å². The van der Waals surface area contributed by atoms with Crippen molar-refractivity contribution in [2.75, 3.05) is 13.1 Å². The van der Waals surface area contributed by atoms with Crippen molar-refractivity contribution in [3.63, 3.8) is 0 Å². The molecule has 3 rings (SSSR count). The Labute approximate surface area is 133 Å². The van der Waals surface area contributed by atoms with Crippen LogP contribution in [0.4, 0.5) is 0 Å². The Morgan fingerprint density at radius 3 is 2.45 bits per heavy atom. The van der Waals surface area contributed by atoms with Crippen molar-refractivity contribution in [2.24, 2.45) is 0 Å². The molecule has 2 heteroatoms. The third-order valence-electron chi connectivity index (χ3n) is 4.26. The summed E-state index contributed by atoms with van der Waals surface area (Å²) in [5.41, 5.74) is 2.68. The van der Waals surface area contributed by atoms with E-state index in [0.717, 1.165) is 25.1 Å². The number of ether oxygens (including phenoxy) is 1. The highest BCUT2D eigenvalue weighted by molar-refractivity contribution is 5.31. The van der Waals surface area contributed by atoms with Crippen molar-refractivity contribution in [3.05, 3.63) is 65.7 Å². The summed E-state index contributed by atoms with van der Waals surface area (Å²) in [4.78, 5) is 2.46. The highest BCUT2D eigenvalue weighted by Crippen LogP contribution is 2.23. The molecule has 0 saturated carbocycles. The van der Waals surface area contributed by atoms with Gasteiger partial charge in [-0.25, -0.2) is 0 Å². The van der Waals surface area contributed by atoms with Crippen LogP contribution in [0, 0.1) is 0 Å². The van der Waals surface area contributed by atoms with Gasteiger partial charge in [0.25, 0.3) is 0 Å². The minimum absolute atomic E-state index is 0.264. The second-order valence-electron chi connectivity index (χ2n) is 6.06. The van der Waals surface area contributed by atoms with Crippen LogP contribution in [-0.4, -0.2) is 24.2 Å². The average Bonchev–Trinajstić information content (AvgIpc) is 2.98. The van der Waals surface area contributed by atoms with Crippen molar-refractivity contribution in [1.82, 2.24) is 4.90 Å². The van der Waals surface area contributed by atoms with E-state index < -0.39 is 0 Å². The Kier molecular flexibility index (Phi) is 5.12. The Bertz CT molecular complexity index is 564. The minimum Gasteiger partial charge on any atom is -0.475 e. The van der Waals surface area contributed by atoms with Gasteiger partial charge in [0.2, 0.25) is 0 Å². The molecule has 116 valence electrons. The molecule has 0 spiro atoms. The van der Waals surface area contributed by atoms with Crippen molar-refractivity contribution >= 4 is 0 Å². The quantitative estimate of drug-likeness (QED) is 0.778. The molecule has 0 amide bonds. The SMILES string of the molecule is CCCN1CCCC1Oc1ccc(Cc2ccccc2)cc1. The molecular formula is C20H25NO. The predicted molar refractivity (Wildman–Crippen MR) is 91.2 cm³/mol. The Morgan fingerprint density at radius 1 is 1.00 bits per heavy atom. The number of benzene rings is 2. The van der Waals surface area contributed by atoms with Crippen LogP contribution in [0.5, 0.6) is 5.75 Å². The van der Waals surface area contributed by atoms with Crippen molar-refractivity contribution in [1.29, 1.82) is 0 Å². The lowest BCUT2D eigenvalue weighted by Crippen LogP contribution is -2.34. The van der Waals surface area contributed by atoms with Gasteiger partial charge in [0, 0.05) is 13.1 Å². The molecule has 2 aromatic rings. The van der Waals surface area contributed by atoms with E-state index in [9.17, 15) is 0 Å². The first-order valence-electron chi connectivity index (χ1n) is 8.38. The molecule has 1 unspecified atom stereocenters. The van der Waals surface area contributed by atoms with E-state index in [-0.39, 0.29) is 6.23 Å². The van der Waals surface area contributed by atoms with Crippen molar-refractivity contribution in [3.8, 4) is 5.75 Å². The lowest BCUT2D eigenvalue weighted by atomic mass is 10.1. The molecule has 1 saturated heterocycles. The van der Waals surface area contributed by atoms with Gasteiger partial charge < -0.3 is 4.74 Å². The predicted octanol–water partition coefficient (Wildman–Crippen LogP) is 4.49. The molecule has 2 nitrogen and oxygen atoms in total. The van der Waals surface area contributed by atoms with Crippen LogP contribution in [0.15, 0.2) is 54.6 Å². The van der Waals surface area contributed by atoms with E-state index in [2.05, 4.69) is 66.4 Å². The fourth-order valence-electron chi connectivity index (χ4n) is 3.15. The highest BCUT2D eigenvalue weighted by atomic mass is 16.5. The summed E-state index contributed by atoms with van der Waals surface area (Å²) in [6.45, 7) is 4.54. The molecule has 22 heavy (non-hydrogen) atoms. The van der Waals surface area contributed by atoms with Crippen molar-refractivity contribution in [2.45, 2.75) is 38.8 Å². The Hall–Kier alpha value is -1.80. The molecule has 0 aromatic heterocycles. The van der Waals surface area contributed by atoms with Gasteiger partial charge in [0.15, 0.2) is 6.23 Å². The number of likely N-dealkylation sites (tertiary alicyclic amines) is 1. The molecule has 2 aromatic carbocycles. The molecule has 0 N–H and O–H groups in total. The number of hydrogen-bond donors (Lipinski definition) is 0. The van der Waals surface area contributed by atoms with E-state index in [1.807, 2.05) is 0 Å².